The lowest BCUT2D eigenvalue weighted by molar-refractivity contribution is 0.0742. The molecule has 0 radical (unpaired) electrons. The van der Waals surface area contributed by atoms with Gasteiger partial charge in [0.1, 0.15) is 11.4 Å². The van der Waals surface area contributed by atoms with Gasteiger partial charge in [0.25, 0.3) is 5.91 Å². The summed E-state index contributed by atoms with van der Waals surface area (Å²) in [4.78, 5) is 20.4. The van der Waals surface area contributed by atoms with Crippen molar-refractivity contribution in [2.75, 3.05) is 52.4 Å². The molecule has 3 aromatic rings. The van der Waals surface area contributed by atoms with Crippen molar-refractivity contribution in [3.63, 3.8) is 0 Å². The van der Waals surface area contributed by atoms with E-state index in [2.05, 4.69) is 22.0 Å². The molecule has 4 rings (SSSR count). The van der Waals surface area contributed by atoms with E-state index in [0.717, 1.165) is 35.4 Å². The monoisotopic (exact) mass is 395 g/mol. The van der Waals surface area contributed by atoms with Gasteiger partial charge in [0.2, 0.25) is 0 Å². The van der Waals surface area contributed by atoms with E-state index in [1.54, 1.807) is 21.3 Å². The molecule has 1 aromatic heterocycles. The smallest absolute Gasteiger partial charge is 0.270 e. The first-order valence-corrected chi connectivity index (χ1v) is 9.56. The molecule has 0 atom stereocenters. The van der Waals surface area contributed by atoms with Crippen molar-refractivity contribution in [1.29, 1.82) is 0 Å². The third-order valence-corrected chi connectivity index (χ3v) is 5.36. The number of fused-ring (bicyclic) bond motifs is 1. The number of nitrogens with zero attached hydrogens (tertiary/aromatic N) is 2. The lowest BCUT2D eigenvalue weighted by Gasteiger charge is -2.36. The number of carbonyl (C=O) groups excluding carboxylic acids is 1. The molecule has 1 saturated heterocycles. The zero-order valence-corrected chi connectivity index (χ0v) is 16.9. The Labute approximate surface area is 169 Å². The Hall–Kier alpha value is -3.35. The number of anilines is 1. The standard InChI is InChI=1S/C22H25N3O4/c1-27-17-6-4-16(5-7-17)24-8-10-25(11-9-24)22(26)19-12-15-13-20(28-2)21(29-3)14-18(15)23-19/h4-7,12-14,23H,8-11H2,1-3H3. The Morgan fingerprint density at radius 1 is 0.862 bits per heavy atom. The topological polar surface area (TPSA) is 67.0 Å². The summed E-state index contributed by atoms with van der Waals surface area (Å²) < 4.78 is 15.9. The number of amides is 1. The summed E-state index contributed by atoms with van der Waals surface area (Å²) in [6, 6.07) is 13.6. The van der Waals surface area contributed by atoms with Crippen LogP contribution >= 0.6 is 0 Å². The third kappa shape index (κ3) is 3.68. The third-order valence-electron chi connectivity index (χ3n) is 5.36. The second-order valence-corrected chi connectivity index (χ2v) is 6.95. The van der Waals surface area contributed by atoms with Crippen LogP contribution in [0.4, 0.5) is 5.69 Å². The van der Waals surface area contributed by atoms with Crippen LogP contribution < -0.4 is 19.1 Å². The number of rotatable bonds is 5. The fourth-order valence-corrected chi connectivity index (χ4v) is 3.71. The summed E-state index contributed by atoms with van der Waals surface area (Å²) in [5.74, 6) is 2.13. The molecule has 0 unspecified atom stereocenters. The molecule has 0 spiro atoms. The highest BCUT2D eigenvalue weighted by Crippen LogP contribution is 2.32. The van der Waals surface area contributed by atoms with Crippen LogP contribution in [0.5, 0.6) is 17.2 Å². The average molecular weight is 395 g/mol. The SMILES string of the molecule is COc1ccc(N2CCN(C(=O)c3cc4cc(OC)c(OC)cc4[nH]3)CC2)cc1. The van der Waals surface area contributed by atoms with Crippen molar-refractivity contribution < 1.29 is 19.0 Å². The summed E-state index contributed by atoms with van der Waals surface area (Å²) in [7, 11) is 4.86. The van der Waals surface area contributed by atoms with E-state index in [4.69, 9.17) is 14.2 Å². The highest BCUT2D eigenvalue weighted by atomic mass is 16.5. The second kappa shape index (κ2) is 7.95. The predicted molar refractivity (Wildman–Crippen MR) is 113 cm³/mol. The van der Waals surface area contributed by atoms with E-state index in [1.807, 2.05) is 35.2 Å². The second-order valence-electron chi connectivity index (χ2n) is 6.95. The Morgan fingerprint density at radius 2 is 1.52 bits per heavy atom. The van der Waals surface area contributed by atoms with Gasteiger partial charge in [-0.25, -0.2) is 0 Å². The molecule has 0 bridgehead atoms. The van der Waals surface area contributed by atoms with E-state index < -0.39 is 0 Å². The average Bonchev–Trinajstić information content (AvgIpc) is 3.20. The Kier molecular flexibility index (Phi) is 5.20. The van der Waals surface area contributed by atoms with Gasteiger partial charge in [-0.15, -0.1) is 0 Å². The fraction of sp³-hybridized carbons (Fsp3) is 0.318. The summed E-state index contributed by atoms with van der Waals surface area (Å²) in [6.45, 7) is 2.93. The van der Waals surface area contributed by atoms with Gasteiger partial charge in [-0.1, -0.05) is 0 Å². The number of benzene rings is 2. The first kappa shape index (κ1) is 19.0. The molecule has 29 heavy (non-hydrogen) atoms. The van der Waals surface area contributed by atoms with Gasteiger partial charge >= 0.3 is 0 Å². The van der Waals surface area contributed by atoms with Crippen LogP contribution in [0.3, 0.4) is 0 Å². The first-order valence-electron chi connectivity index (χ1n) is 9.56. The quantitative estimate of drug-likeness (QED) is 0.719. The molecule has 2 heterocycles. The summed E-state index contributed by atoms with van der Waals surface area (Å²) in [5.41, 5.74) is 2.57. The maximum atomic E-state index is 13.0. The molecule has 152 valence electrons. The van der Waals surface area contributed by atoms with Gasteiger partial charge < -0.3 is 29.0 Å². The van der Waals surface area contributed by atoms with Crippen molar-refractivity contribution in [3.8, 4) is 17.2 Å². The highest BCUT2D eigenvalue weighted by molar-refractivity contribution is 5.98. The molecular formula is C22H25N3O4. The van der Waals surface area contributed by atoms with Crippen LogP contribution in [0.15, 0.2) is 42.5 Å². The van der Waals surface area contributed by atoms with Crippen LogP contribution in [-0.2, 0) is 0 Å². The van der Waals surface area contributed by atoms with Gasteiger partial charge in [0.05, 0.1) is 21.3 Å². The van der Waals surface area contributed by atoms with Gasteiger partial charge in [-0.2, -0.15) is 0 Å². The number of nitrogens with one attached hydrogen (secondary N) is 1. The van der Waals surface area contributed by atoms with E-state index in [9.17, 15) is 4.79 Å². The molecule has 7 nitrogen and oxygen atoms in total. The van der Waals surface area contributed by atoms with Crippen molar-refractivity contribution in [1.82, 2.24) is 9.88 Å². The van der Waals surface area contributed by atoms with Crippen LogP contribution in [0, 0.1) is 0 Å². The van der Waals surface area contributed by atoms with Crippen LogP contribution in [-0.4, -0.2) is 63.3 Å². The number of hydrogen-bond acceptors (Lipinski definition) is 5. The number of methoxy groups -OCH3 is 3. The van der Waals surface area contributed by atoms with Gasteiger partial charge in [0.15, 0.2) is 11.5 Å². The van der Waals surface area contributed by atoms with E-state index >= 15 is 0 Å². The highest BCUT2D eigenvalue weighted by Gasteiger charge is 2.24. The fourth-order valence-electron chi connectivity index (χ4n) is 3.71. The lowest BCUT2D eigenvalue weighted by Crippen LogP contribution is -2.48. The Bertz CT molecular complexity index is 964. The Balaban J connectivity index is 1.46. The van der Waals surface area contributed by atoms with E-state index in [1.165, 1.54) is 0 Å². The van der Waals surface area contributed by atoms with Gasteiger partial charge in [0, 0.05) is 48.8 Å². The molecule has 1 fully saturated rings. The molecule has 1 aliphatic rings. The Morgan fingerprint density at radius 3 is 2.14 bits per heavy atom. The summed E-state index contributed by atoms with van der Waals surface area (Å²) in [6.07, 6.45) is 0. The molecular weight excluding hydrogens is 370 g/mol. The number of aromatic nitrogens is 1. The minimum Gasteiger partial charge on any atom is -0.497 e. The summed E-state index contributed by atoms with van der Waals surface area (Å²) in [5, 5.41) is 0.919. The number of H-pyrrole nitrogens is 1. The molecule has 2 aromatic carbocycles. The van der Waals surface area contributed by atoms with E-state index in [-0.39, 0.29) is 5.91 Å². The van der Waals surface area contributed by atoms with Crippen molar-refractivity contribution >= 4 is 22.5 Å². The molecule has 7 heteroatoms. The van der Waals surface area contributed by atoms with Crippen molar-refractivity contribution in [2.24, 2.45) is 0 Å². The molecule has 0 saturated carbocycles. The normalized spacial score (nSPS) is 14.2. The zero-order valence-electron chi connectivity index (χ0n) is 16.9. The zero-order chi connectivity index (χ0) is 20.4. The number of aromatic amines is 1. The molecule has 1 N–H and O–H groups in total. The molecule has 1 amide bonds. The molecule has 0 aliphatic carbocycles. The van der Waals surface area contributed by atoms with Crippen molar-refractivity contribution in [3.05, 3.63) is 48.2 Å². The number of carbonyl (C=O) groups is 1. The lowest BCUT2D eigenvalue weighted by atomic mass is 10.2. The van der Waals surface area contributed by atoms with Crippen LogP contribution in [0.1, 0.15) is 10.5 Å². The van der Waals surface area contributed by atoms with Crippen LogP contribution in [0.25, 0.3) is 10.9 Å². The van der Waals surface area contributed by atoms with Crippen LogP contribution in [0.2, 0.25) is 0 Å². The minimum absolute atomic E-state index is 0.00788. The number of ether oxygens (including phenoxy) is 3. The van der Waals surface area contributed by atoms with Gasteiger partial charge in [-0.3, -0.25) is 4.79 Å². The predicted octanol–water partition coefficient (Wildman–Crippen LogP) is 3.16. The summed E-state index contributed by atoms with van der Waals surface area (Å²) >= 11 is 0. The number of hydrogen-bond donors (Lipinski definition) is 1. The van der Waals surface area contributed by atoms with Gasteiger partial charge in [-0.05, 0) is 36.4 Å². The minimum atomic E-state index is 0.00788. The maximum absolute atomic E-state index is 13.0. The maximum Gasteiger partial charge on any atom is 0.270 e. The largest absolute Gasteiger partial charge is 0.497 e. The molecule has 1 aliphatic heterocycles. The van der Waals surface area contributed by atoms with E-state index in [0.29, 0.717) is 30.3 Å². The first-order chi connectivity index (χ1) is 14.1. The number of piperazine rings is 1. The van der Waals surface area contributed by atoms with Crippen molar-refractivity contribution in [2.45, 2.75) is 0 Å².